The maximum absolute atomic E-state index is 12.8. The number of aryl methyl sites for hydroxylation is 2. The zero-order chi connectivity index (χ0) is 19.9. The molecule has 2 aromatic rings. The third kappa shape index (κ3) is 2.96. The quantitative estimate of drug-likeness (QED) is 0.803. The number of nitrogens with zero attached hydrogens (tertiary/aromatic N) is 2. The Morgan fingerprint density at radius 2 is 1.57 bits per heavy atom. The van der Waals surface area contributed by atoms with Crippen molar-refractivity contribution in [2.24, 2.45) is 0 Å². The van der Waals surface area contributed by atoms with Gasteiger partial charge in [-0.2, -0.15) is 5.01 Å². The van der Waals surface area contributed by atoms with Crippen molar-refractivity contribution in [2.45, 2.75) is 51.5 Å². The minimum absolute atomic E-state index is 0.360. The highest BCUT2D eigenvalue weighted by Crippen LogP contribution is 2.33. The molecule has 1 saturated carbocycles. The van der Waals surface area contributed by atoms with Gasteiger partial charge in [0, 0.05) is 22.6 Å². The smallest absolute Gasteiger partial charge is 0.322 e. The van der Waals surface area contributed by atoms with Crippen LogP contribution in [-0.4, -0.2) is 33.0 Å². The fraction of sp³-hybridized carbons (Fsp3) is 0.381. The number of carbonyl (C=O) groups excluding carboxylic acids is 3. The van der Waals surface area contributed by atoms with Gasteiger partial charge in [-0.15, -0.1) is 0 Å². The van der Waals surface area contributed by atoms with E-state index in [9.17, 15) is 14.4 Å². The molecule has 7 heteroatoms. The number of hydrazine groups is 1. The van der Waals surface area contributed by atoms with E-state index in [1.54, 1.807) is 12.1 Å². The van der Waals surface area contributed by atoms with Crippen LogP contribution in [0.15, 0.2) is 36.4 Å². The monoisotopic (exact) mass is 380 g/mol. The molecule has 1 aromatic carbocycles. The molecule has 0 unspecified atom stereocenters. The van der Waals surface area contributed by atoms with Crippen LogP contribution in [0.5, 0.6) is 0 Å². The standard InChI is InChI=1S/C21H24N4O3/c1-14-6-7-15(2)24(14)17-10-8-16(9-11-17)18(26)23-25-19(27)21(22-20(25)28)12-4-3-5-13-21/h6-11H,3-5,12-13H2,1-2H3,(H,22,28)(H,23,26). The Bertz CT molecular complexity index is 920. The van der Waals surface area contributed by atoms with Gasteiger partial charge >= 0.3 is 6.03 Å². The molecule has 2 N–H and O–H groups in total. The van der Waals surface area contributed by atoms with Crippen molar-refractivity contribution in [1.29, 1.82) is 0 Å². The summed E-state index contributed by atoms with van der Waals surface area (Å²) in [5.74, 6) is -0.843. The number of aromatic nitrogens is 1. The van der Waals surface area contributed by atoms with Gasteiger partial charge in [0.2, 0.25) is 0 Å². The van der Waals surface area contributed by atoms with E-state index in [2.05, 4.69) is 15.3 Å². The zero-order valence-electron chi connectivity index (χ0n) is 16.1. The number of rotatable bonds is 3. The number of amides is 4. The largest absolute Gasteiger partial charge is 0.344 e. The van der Waals surface area contributed by atoms with Gasteiger partial charge in [0.15, 0.2) is 0 Å². The van der Waals surface area contributed by atoms with Crippen molar-refractivity contribution in [3.8, 4) is 5.69 Å². The Kier molecular flexibility index (Phi) is 4.45. The van der Waals surface area contributed by atoms with E-state index in [0.717, 1.165) is 41.3 Å². The second kappa shape index (κ2) is 6.82. The highest BCUT2D eigenvalue weighted by molar-refractivity contribution is 6.09. The third-order valence-corrected chi connectivity index (χ3v) is 5.74. The molecule has 0 bridgehead atoms. The van der Waals surface area contributed by atoms with E-state index < -0.39 is 17.5 Å². The Morgan fingerprint density at radius 3 is 2.18 bits per heavy atom. The summed E-state index contributed by atoms with van der Waals surface area (Å²) < 4.78 is 2.09. The number of hydrogen-bond acceptors (Lipinski definition) is 3. The van der Waals surface area contributed by atoms with Gasteiger partial charge in [0.05, 0.1) is 0 Å². The van der Waals surface area contributed by atoms with Crippen molar-refractivity contribution in [3.05, 3.63) is 53.3 Å². The number of benzene rings is 1. The summed E-state index contributed by atoms with van der Waals surface area (Å²) in [7, 11) is 0. The van der Waals surface area contributed by atoms with E-state index in [0.29, 0.717) is 18.4 Å². The second-order valence-corrected chi connectivity index (χ2v) is 7.65. The lowest BCUT2D eigenvalue weighted by Crippen LogP contribution is -2.50. The molecule has 4 rings (SSSR count). The molecule has 1 aromatic heterocycles. The fourth-order valence-corrected chi connectivity index (χ4v) is 4.22. The van der Waals surface area contributed by atoms with Crippen LogP contribution in [0.2, 0.25) is 0 Å². The normalized spacial score (nSPS) is 18.4. The lowest BCUT2D eigenvalue weighted by Gasteiger charge is -2.30. The number of carbonyl (C=O) groups is 3. The SMILES string of the molecule is Cc1ccc(C)n1-c1ccc(C(=O)NN2C(=O)NC3(CCCCC3)C2=O)cc1. The minimum Gasteiger partial charge on any atom is -0.322 e. The van der Waals surface area contributed by atoms with E-state index in [1.807, 2.05) is 38.1 Å². The van der Waals surface area contributed by atoms with Crippen LogP contribution in [0, 0.1) is 13.8 Å². The van der Waals surface area contributed by atoms with Gasteiger partial charge in [-0.25, -0.2) is 4.79 Å². The van der Waals surface area contributed by atoms with Crippen molar-refractivity contribution >= 4 is 17.8 Å². The lowest BCUT2D eigenvalue weighted by atomic mass is 9.82. The maximum atomic E-state index is 12.8. The van der Waals surface area contributed by atoms with Crippen LogP contribution >= 0.6 is 0 Å². The first-order valence-corrected chi connectivity index (χ1v) is 9.64. The highest BCUT2D eigenvalue weighted by Gasteiger charge is 2.52. The molecule has 146 valence electrons. The Balaban J connectivity index is 1.49. The van der Waals surface area contributed by atoms with Crippen LogP contribution in [0.3, 0.4) is 0 Å². The Hall–Kier alpha value is -3.09. The van der Waals surface area contributed by atoms with Crippen LogP contribution in [0.25, 0.3) is 5.69 Å². The molecule has 1 spiro atoms. The van der Waals surface area contributed by atoms with Crippen LogP contribution in [-0.2, 0) is 4.79 Å². The number of imide groups is 1. The van der Waals surface area contributed by atoms with E-state index in [1.165, 1.54) is 0 Å². The molecule has 0 radical (unpaired) electrons. The Morgan fingerprint density at radius 1 is 0.964 bits per heavy atom. The molecule has 1 saturated heterocycles. The average Bonchev–Trinajstić information content (AvgIpc) is 3.14. The Labute approximate surface area is 163 Å². The van der Waals surface area contributed by atoms with Crippen molar-refractivity contribution < 1.29 is 14.4 Å². The van der Waals surface area contributed by atoms with Gasteiger partial charge in [0.1, 0.15) is 5.54 Å². The summed E-state index contributed by atoms with van der Waals surface area (Å²) in [6.07, 6.45) is 4.09. The molecular formula is C21H24N4O3. The van der Waals surface area contributed by atoms with Crippen molar-refractivity contribution in [1.82, 2.24) is 20.3 Å². The molecule has 1 aliphatic heterocycles. The maximum Gasteiger partial charge on any atom is 0.344 e. The first-order valence-electron chi connectivity index (χ1n) is 9.64. The summed E-state index contributed by atoms with van der Waals surface area (Å²) >= 11 is 0. The van der Waals surface area contributed by atoms with E-state index >= 15 is 0 Å². The zero-order valence-corrected chi connectivity index (χ0v) is 16.1. The van der Waals surface area contributed by atoms with Crippen molar-refractivity contribution in [3.63, 3.8) is 0 Å². The molecule has 2 heterocycles. The molecule has 4 amide bonds. The number of nitrogens with one attached hydrogen (secondary N) is 2. The van der Waals surface area contributed by atoms with E-state index in [-0.39, 0.29) is 5.91 Å². The second-order valence-electron chi connectivity index (χ2n) is 7.65. The molecule has 1 aliphatic carbocycles. The summed E-state index contributed by atoms with van der Waals surface area (Å²) in [5.41, 5.74) is 5.16. The van der Waals surface area contributed by atoms with Crippen LogP contribution in [0.4, 0.5) is 4.79 Å². The molecule has 0 atom stereocenters. The first-order chi connectivity index (χ1) is 13.4. The predicted molar refractivity (Wildman–Crippen MR) is 104 cm³/mol. The van der Waals surface area contributed by atoms with Gasteiger partial charge in [-0.1, -0.05) is 19.3 Å². The summed E-state index contributed by atoms with van der Waals surface area (Å²) in [6.45, 7) is 4.04. The average molecular weight is 380 g/mol. The fourth-order valence-electron chi connectivity index (χ4n) is 4.22. The van der Waals surface area contributed by atoms with Crippen LogP contribution in [0.1, 0.15) is 53.8 Å². The first kappa shape index (κ1) is 18.3. The van der Waals surface area contributed by atoms with Gasteiger partial charge in [0.25, 0.3) is 11.8 Å². The van der Waals surface area contributed by atoms with Gasteiger partial charge in [-0.05, 0) is 63.1 Å². The molecule has 2 aliphatic rings. The van der Waals surface area contributed by atoms with Gasteiger partial charge < -0.3 is 9.88 Å². The highest BCUT2D eigenvalue weighted by atomic mass is 16.2. The summed E-state index contributed by atoms with van der Waals surface area (Å²) in [4.78, 5) is 37.7. The molecule has 2 fully saturated rings. The van der Waals surface area contributed by atoms with Gasteiger partial charge in [-0.3, -0.25) is 15.0 Å². The number of urea groups is 1. The van der Waals surface area contributed by atoms with Crippen LogP contribution < -0.4 is 10.7 Å². The predicted octanol–water partition coefficient (Wildman–Crippen LogP) is 2.99. The third-order valence-electron chi connectivity index (χ3n) is 5.74. The lowest BCUT2D eigenvalue weighted by molar-refractivity contribution is -0.134. The molecule has 28 heavy (non-hydrogen) atoms. The topological polar surface area (TPSA) is 83.4 Å². The van der Waals surface area contributed by atoms with E-state index in [4.69, 9.17) is 0 Å². The summed E-state index contributed by atoms with van der Waals surface area (Å²) in [5, 5.41) is 3.62. The van der Waals surface area contributed by atoms with Crippen molar-refractivity contribution in [2.75, 3.05) is 0 Å². The minimum atomic E-state index is -0.851. The molecule has 7 nitrogen and oxygen atoms in total. The number of hydrogen-bond donors (Lipinski definition) is 2. The molecular weight excluding hydrogens is 356 g/mol. The summed E-state index contributed by atoms with van der Waals surface area (Å²) in [6, 6.07) is 10.6.